The summed E-state index contributed by atoms with van der Waals surface area (Å²) >= 11 is 0. The summed E-state index contributed by atoms with van der Waals surface area (Å²) in [7, 11) is 0. The van der Waals surface area contributed by atoms with Crippen molar-refractivity contribution in [3.8, 4) is 0 Å². The molecule has 1 aliphatic carbocycles. The molecule has 86 valence electrons. The van der Waals surface area contributed by atoms with E-state index in [0.29, 0.717) is 5.92 Å². The summed E-state index contributed by atoms with van der Waals surface area (Å²) in [6, 6.07) is 10.9. The summed E-state index contributed by atoms with van der Waals surface area (Å²) in [6.07, 6.45) is 11.5. The predicted octanol–water partition coefficient (Wildman–Crippen LogP) is 4.93. The van der Waals surface area contributed by atoms with E-state index in [0.717, 1.165) is 5.92 Å². The molecule has 1 aromatic rings. The average molecular weight is 214 g/mol. The molecule has 0 aromatic heterocycles. The molecule has 0 N–H and O–H groups in total. The maximum Gasteiger partial charge on any atom is -0.0190 e. The van der Waals surface area contributed by atoms with Gasteiger partial charge in [0.2, 0.25) is 0 Å². The second kappa shape index (κ2) is 5.89. The Morgan fingerprint density at radius 1 is 1.25 bits per heavy atom. The Morgan fingerprint density at radius 3 is 2.75 bits per heavy atom. The molecule has 0 spiro atoms. The van der Waals surface area contributed by atoms with Gasteiger partial charge in [0, 0.05) is 0 Å². The highest BCUT2D eigenvalue weighted by atomic mass is 14.2. The van der Waals surface area contributed by atoms with Crippen molar-refractivity contribution in [1.29, 1.82) is 0 Å². The second-order valence-electron chi connectivity index (χ2n) is 5.01. The molecule has 0 bridgehead atoms. The third kappa shape index (κ3) is 3.23. The Bertz CT molecular complexity index is 323. The van der Waals surface area contributed by atoms with Gasteiger partial charge in [0.15, 0.2) is 0 Å². The van der Waals surface area contributed by atoms with Crippen LogP contribution in [0.1, 0.15) is 50.5 Å². The molecule has 1 aliphatic rings. The maximum absolute atomic E-state index is 2.41. The van der Waals surface area contributed by atoms with Gasteiger partial charge in [-0.05, 0) is 43.1 Å². The van der Waals surface area contributed by atoms with Crippen LogP contribution in [-0.4, -0.2) is 0 Å². The number of hydrogen-bond acceptors (Lipinski definition) is 0. The molecule has 0 amide bonds. The van der Waals surface area contributed by atoms with Crippen molar-refractivity contribution < 1.29 is 0 Å². The lowest BCUT2D eigenvalue weighted by atomic mass is 9.93. The van der Waals surface area contributed by atoms with Crippen LogP contribution in [0.4, 0.5) is 0 Å². The Balaban J connectivity index is 1.71. The zero-order chi connectivity index (χ0) is 11.2. The van der Waals surface area contributed by atoms with Gasteiger partial charge in [0.05, 0.1) is 0 Å². The fourth-order valence-corrected chi connectivity index (χ4v) is 2.57. The SMILES string of the molecule is C[C@@H](CCCC1C=CCC1)c1ccccc1. The minimum Gasteiger partial charge on any atom is -0.0882 e. The summed E-state index contributed by atoms with van der Waals surface area (Å²) in [5.74, 6) is 1.59. The van der Waals surface area contributed by atoms with Crippen molar-refractivity contribution in [2.45, 2.75) is 44.9 Å². The summed E-state index contributed by atoms with van der Waals surface area (Å²) < 4.78 is 0. The summed E-state index contributed by atoms with van der Waals surface area (Å²) in [6.45, 7) is 2.35. The van der Waals surface area contributed by atoms with Crippen LogP contribution in [0.5, 0.6) is 0 Å². The lowest BCUT2D eigenvalue weighted by Gasteiger charge is -2.13. The monoisotopic (exact) mass is 214 g/mol. The van der Waals surface area contributed by atoms with Crippen molar-refractivity contribution in [2.75, 3.05) is 0 Å². The average Bonchev–Trinajstić information content (AvgIpc) is 2.83. The largest absolute Gasteiger partial charge is 0.0882 e. The van der Waals surface area contributed by atoms with Crippen molar-refractivity contribution in [2.24, 2.45) is 5.92 Å². The molecule has 16 heavy (non-hydrogen) atoms. The van der Waals surface area contributed by atoms with E-state index in [1.807, 2.05) is 0 Å². The minimum absolute atomic E-state index is 0.714. The van der Waals surface area contributed by atoms with E-state index in [2.05, 4.69) is 49.4 Å². The molecule has 2 rings (SSSR count). The molecule has 0 heteroatoms. The molecular weight excluding hydrogens is 192 g/mol. The van der Waals surface area contributed by atoms with Gasteiger partial charge in [-0.2, -0.15) is 0 Å². The lowest BCUT2D eigenvalue weighted by molar-refractivity contribution is 0.511. The first-order valence-electron chi connectivity index (χ1n) is 6.58. The van der Waals surface area contributed by atoms with E-state index in [1.165, 1.54) is 37.7 Å². The van der Waals surface area contributed by atoms with Gasteiger partial charge in [0.1, 0.15) is 0 Å². The normalized spacial score (nSPS) is 21.2. The first kappa shape index (κ1) is 11.4. The quantitative estimate of drug-likeness (QED) is 0.610. The number of allylic oxidation sites excluding steroid dienone is 2. The summed E-state index contributed by atoms with van der Waals surface area (Å²) in [5.41, 5.74) is 1.49. The van der Waals surface area contributed by atoms with Crippen molar-refractivity contribution in [1.82, 2.24) is 0 Å². The number of hydrogen-bond donors (Lipinski definition) is 0. The van der Waals surface area contributed by atoms with Crippen molar-refractivity contribution in [3.63, 3.8) is 0 Å². The van der Waals surface area contributed by atoms with Crippen molar-refractivity contribution in [3.05, 3.63) is 48.0 Å². The van der Waals surface area contributed by atoms with Crippen LogP contribution in [0.3, 0.4) is 0 Å². The Hall–Kier alpha value is -1.04. The highest BCUT2D eigenvalue weighted by molar-refractivity contribution is 5.18. The smallest absolute Gasteiger partial charge is 0.0190 e. The Labute approximate surface area is 99.4 Å². The Kier molecular flexibility index (Phi) is 4.21. The highest BCUT2D eigenvalue weighted by Gasteiger charge is 2.10. The Morgan fingerprint density at radius 2 is 2.06 bits per heavy atom. The first-order chi connectivity index (χ1) is 7.86. The minimum atomic E-state index is 0.714. The number of benzene rings is 1. The molecule has 1 unspecified atom stereocenters. The number of rotatable bonds is 5. The van der Waals surface area contributed by atoms with E-state index >= 15 is 0 Å². The molecule has 0 fully saturated rings. The van der Waals surface area contributed by atoms with E-state index in [-0.39, 0.29) is 0 Å². The van der Waals surface area contributed by atoms with Crippen molar-refractivity contribution >= 4 is 0 Å². The highest BCUT2D eigenvalue weighted by Crippen LogP contribution is 2.26. The molecule has 0 radical (unpaired) electrons. The van der Waals surface area contributed by atoms with E-state index in [1.54, 1.807) is 0 Å². The zero-order valence-electron chi connectivity index (χ0n) is 10.2. The zero-order valence-corrected chi connectivity index (χ0v) is 10.2. The van der Waals surface area contributed by atoms with Crippen LogP contribution in [0.2, 0.25) is 0 Å². The molecule has 2 atom stereocenters. The van der Waals surface area contributed by atoms with Crippen LogP contribution in [0.25, 0.3) is 0 Å². The van der Waals surface area contributed by atoms with E-state index < -0.39 is 0 Å². The third-order valence-electron chi connectivity index (χ3n) is 3.69. The third-order valence-corrected chi connectivity index (χ3v) is 3.69. The molecule has 0 saturated heterocycles. The lowest BCUT2D eigenvalue weighted by Crippen LogP contribution is -1.96. The molecule has 0 heterocycles. The first-order valence-corrected chi connectivity index (χ1v) is 6.58. The topological polar surface area (TPSA) is 0 Å². The van der Waals surface area contributed by atoms with Gasteiger partial charge in [-0.25, -0.2) is 0 Å². The van der Waals surface area contributed by atoms with Gasteiger partial charge in [-0.15, -0.1) is 0 Å². The fourth-order valence-electron chi connectivity index (χ4n) is 2.57. The summed E-state index contributed by atoms with van der Waals surface area (Å²) in [5, 5.41) is 0. The van der Waals surface area contributed by atoms with Crippen LogP contribution in [0, 0.1) is 5.92 Å². The molecule has 0 saturated carbocycles. The van der Waals surface area contributed by atoms with E-state index in [9.17, 15) is 0 Å². The fraction of sp³-hybridized carbons (Fsp3) is 0.500. The van der Waals surface area contributed by atoms with Crippen LogP contribution in [-0.2, 0) is 0 Å². The standard InChI is InChI=1S/C16H22/c1-14(16-12-3-2-4-13-16)8-7-11-15-9-5-6-10-15/h2-5,9,12-15H,6-8,10-11H2,1H3/t14-,15?/m0/s1. The molecule has 0 aliphatic heterocycles. The molecule has 1 aromatic carbocycles. The molecule has 0 nitrogen and oxygen atoms in total. The maximum atomic E-state index is 2.41. The van der Waals surface area contributed by atoms with Gasteiger partial charge < -0.3 is 0 Å². The van der Waals surface area contributed by atoms with Gasteiger partial charge in [-0.1, -0.05) is 55.8 Å². The van der Waals surface area contributed by atoms with Gasteiger partial charge in [0.25, 0.3) is 0 Å². The molecular formula is C16H22. The van der Waals surface area contributed by atoms with Crippen LogP contribution < -0.4 is 0 Å². The second-order valence-corrected chi connectivity index (χ2v) is 5.01. The summed E-state index contributed by atoms with van der Waals surface area (Å²) in [4.78, 5) is 0. The van der Waals surface area contributed by atoms with E-state index in [4.69, 9.17) is 0 Å². The van der Waals surface area contributed by atoms with Gasteiger partial charge in [-0.3, -0.25) is 0 Å². The van der Waals surface area contributed by atoms with Crippen LogP contribution in [0.15, 0.2) is 42.5 Å². The van der Waals surface area contributed by atoms with Crippen LogP contribution >= 0.6 is 0 Å². The van der Waals surface area contributed by atoms with Gasteiger partial charge >= 0.3 is 0 Å². The predicted molar refractivity (Wildman–Crippen MR) is 70.6 cm³/mol.